The summed E-state index contributed by atoms with van der Waals surface area (Å²) in [4.78, 5) is 13.8. The van der Waals surface area contributed by atoms with Crippen molar-refractivity contribution in [2.75, 3.05) is 13.6 Å². The predicted octanol–water partition coefficient (Wildman–Crippen LogP) is 2.79. The highest BCUT2D eigenvalue weighted by molar-refractivity contribution is 6.30. The predicted molar refractivity (Wildman–Crippen MR) is 75.8 cm³/mol. The number of rotatable bonds is 5. The number of carbonyl (C=O) groups is 1. The maximum atomic E-state index is 12.1. The number of carbonyl (C=O) groups excluding carboxylic acids is 1. The van der Waals surface area contributed by atoms with E-state index < -0.39 is 0 Å². The van der Waals surface area contributed by atoms with Crippen molar-refractivity contribution in [2.45, 2.75) is 26.3 Å². The van der Waals surface area contributed by atoms with Gasteiger partial charge in [-0.3, -0.25) is 4.79 Å². The Balaban J connectivity index is 2.54. The fourth-order valence-corrected chi connectivity index (χ4v) is 1.72. The van der Waals surface area contributed by atoms with Crippen molar-refractivity contribution < 1.29 is 4.79 Å². The molecule has 1 amide bonds. The molecule has 18 heavy (non-hydrogen) atoms. The Bertz CT molecular complexity index is 389. The van der Waals surface area contributed by atoms with Gasteiger partial charge < -0.3 is 10.6 Å². The van der Waals surface area contributed by atoms with E-state index in [0.29, 0.717) is 23.0 Å². The second-order valence-corrected chi connectivity index (χ2v) is 5.37. The maximum absolute atomic E-state index is 12.1. The minimum absolute atomic E-state index is 0.00243. The Hall–Kier alpha value is -1.06. The Morgan fingerprint density at radius 1 is 1.33 bits per heavy atom. The quantitative estimate of drug-likeness (QED) is 0.893. The fraction of sp³-hybridized carbons (Fsp3) is 0.500. The molecular weight excluding hydrogens is 248 g/mol. The number of hydrogen-bond acceptors (Lipinski definition) is 2. The molecule has 0 radical (unpaired) electrons. The van der Waals surface area contributed by atoms with E-state index in [1.165, 1.54) is 0 Å². The molecular formula is C14H21ClN2O. The molecule has 0 aliphatic rings. The van der Waals surface area contributed by atoms with Gasteiger partial charge in [-0.2, -0.15) is 0 Å². The van der Waals surface area contributed by atoms with E-state index in [-0.39, 0.29) is 11.9 Å². The highest BCUT2D eigenvalue weighted by atomic mass is 35.5. The van der Waals surface area contributed by atoms with Crippen LogP contribution in [0, 0.1) is 5.92 Å². The van der Waals surface area contributed by atoms with Crippen LogP contribution in [0.25, 0.3) is 0 Å². The molecule has 0 aliphatic carbocycles. The monoisotopic (exact) mass is 268 g/mol. The van der Waals surface area contributed by atoms with Crippen LogP contribution in [0.15, 0.2) is 24.3 Å². The van der Waals surface area contributed by atoms with Crippen LogP contribution in [-0.4, -0.2) is 30.4 Å². The van der Waals surface area contributed by atoms with E-state index in [9.17, 15) is 4.79 Å². The summed E-state index contributed by atoms with van der Waals surface area (Å²) in [5, 5.41) is 0.635. The zero-order chi connectivity index (χ0) is 13.7. The highest BCUT2D eigenvalue weighted by Gasteiger charge is 2.14. The third-order valence-corrected chi connectivity index (χ3v) is 3.34. The van der Waals surface area contributed by atoms with Gasteiger partial charge in [-0.05, 0) is 36.6 Å². The van der Waals surface area contributed by atoms with Gasteiger partial charge in [0.1, 0.15) is 0 Å². The lowest BCUT2D eigenvalue weighted by Crippen LogP contribution is -2.34. The minimum atomic E-state index is 0.00243. The van der Waals surface area contributed by atoms with Crippen LogP contribution in [0.3, 0.4) is 0 Å². The molecule has 100 valence electrons. The lowest BCUT2D eigenvalue weighted by molar-refractivity contribution is 0.0789. The SMILES string of the molecule is CC(C)C(N)CCN(C)C(=O)c1ccc(Cl)cc1. The largest absolute Gasteiger partial charge is 0.342 e. The number of benzene rings is 1. The van der Waals surface area contributed by atoms with E-state index in [4.69, 9.17) is 17.3 Å². The molecule has 0 aliphatic heterocycles. The first kappa shape index (κ1) is 15.0. The number of halogens is 1. The van der Waals surface area contributed by atoms with Gasteiger partial charge in [-0.25, -0.2) is 0 Å². The summed E-state index contributed by atoms with van der Waals surface area (Å²) in [7, 11) is 1.80. The van der Waals surface area contributed by atoms with Crippen LogP contribution in [-0.2, 0) is 0 Å². The van der Waals surface area contributed by atoms with Crippen LogP contribution in [0.2, 0.25) is 5.02 Å². The van der Waals surface area contributed by atoms with E-state index in [0.717, 1.165) is 6.42 Å². The molecule has 3 nitrogen and oxygen atoms in total. The van der Waals surface area contributed by atoms with Crippen molar-refractivity contribution in [3.63, 3.8) is 0 Å². The van der Waals surface area contributed by atoms with E-state index in [2.05, 4.69) is 13.8 Å². The van der Waals surface area contributed by atoms with E-state index in [1.54, 1.807) is 36.2 Å². The summed E-state index contributed by atoms with van der Waals surface area (Å²) < 4.78 is 0. The van der Waals surface area contributed by atoms with Crippen molar-refractivity contribution >= 4 is 17.5 Å². The summed E-state index contributed by atoms with van der Waals surface area (Å²) in [5.41, 5.74) is 6.62. The number of nitrogens with two attached hydrogens (primary N) is 1. The Labute approximate surface area is 114 Å². The average molecular weight is 269 g/mol. The average Bonchev–Trinajstić information content (AvgIpc) is 2.35. The molecule has 1 unspecified atom stereocenters. The van der Waals surface area contributed by atoms with Crippen molar-refractivity contribution in [1.29, 1.82) is 0 Å². The molecule has 1 aromatic rings. The first-order chi connectivity index (χ1) is 8.41. The summed E-state index contributed by atoms with van der Waals surface area (Å²) in [6.07, 6.45) is 0.813. The van der Waals surface area contributed by atoms with Gasteiger partial charge in [0.05, 0.1) is 0 Å². The molecule has 0 bridgehead atoms. The van der Waals surface area contributed by atoms with Crippen LogP contribution < -0.4 is 5.73 Å². The molecule has 0 spiro atoms. The summed E-state index contributed by atoms with van der Waals surface area (Å²) in [5.74, 6) is 0.437. The number of hydrogen-bond donors (Lipinski definition) is 1. The van der Waals surface area contributed by atoms with Crippen molar-refractivity contribution in [3.8, 4) is 0 Å². The Morgan fingerprint density at radius 2 is 1.89 bits per heavy atom. The first-order valence-corrected chi connectivity index (χ1v) is 6.56. The highest BCUT2D eigenvalue weighted by Crippen LogP contribution is 2.12. The van der Waals surface area contributed by atoms with Gasteiger partial charge in [-0.1, -0.05) is 25.4 Å². The summed E-state index contributed by atoms with van der Waals surface area (Å²) in [6.45, 7) is 4.85. The van der Waals surface area contributed by atoms with Gasteiger partial charge in [0, 0.05) is 30.2 Å². The van der Waals surface area contributed by atoms with E-state index >= 15 is 0 Å². The minimum Gasteiger partial charge on any atom is -0.342 e. The van der Waals surface area contributed by atoms with Gasteiger partial charge in [0.15, 0.2) is 0 Å². The second kappa shape index (κ2) is 6.76. The summed E-state index contributed by atoms with van der Waals surface area (Å²) >= 11 is 5.79. The zero-order valence-corrected chi connectivity index (χ0v) is 11.9. The van der Waals surface area contributed by atoms with Gasteiger partial charge >= 0.3 is 0 Å². The lowest BCUT2D eigenvalue weighted by atomic mass is 10.0. The first-order valence-electron chi connectivity index (χ1n) is 6.18. The Kier molecular flexibility index (Phi) is 5.63. The molecule has 1 atom stereocenters. The normalized spacial score (nSPS) is 12.6. The molecule has 0 saturated heterocycles. The van der Waals surface area contributed by atoms with Crippen LogP contribution in [0.1, 0.15) is 30.6 Å². The maximum Gasteiger partial charge on any atom is 0.253 e. The second-order valence-electron chi connectivity index (χ2n) is 4.93. The molecule has 0 aromatic heterocycles. The summed E-state index contributed by atoms with van der Waals surface area (Å²) in [6, 6.07) is 7.06. The number of nitrogens with zero attached hydrogens (tertiary/aromatic N) is 1. The van der Waals surface area contributed by atoms with Gasteiger partial charge in [-0.15, -0.1) is 0 Å². The molecule has 0 heterocycles. The number of amides is 1. The third kappa shape index (κ3) is 4.31. The Morgan fingerprint density at radius 3 is 2.39 bits per heavy atom. The molecule has 4 heteroatoms. The fourth-order valence-electron chi connectivity index (χ4n) is 1.59. The molecule has 1 aromatic carbocycles. The standard InChI is InChI=1S/C14H21ClN2O/c1-10(2)13(16)8-9-17(3)14(18)11-4-6-12(15)7-5-11/h4-7,10,13H,8-9,16H2,1-3H3. The van der Waals surface area contributed by atoms with Crippen LogP contribution >= 0.6 is 11.6 Å². The lowest BCUT2D eigenvalue weighted by Gasteiger charge is -2.21. The topological polar surface area (TPSA) is 46.3 Å². The van der Waals surface area contributed by atoms with Gasteiger partial charge in [0.2, 0.25) is 0 Å². The van der Waals surface area contributed by atoms with Crippen molar-refractivity contribution in [3.05, 3.63) is 34.9 Å². The molecule has 0 fully saturated rings. The van der Waals surface area contributed by atoms with Crippen molar-refractivity contribution in [1.82, 2.24) is 4.90 Å². The van der Waals surface area contributed by atoms with Crippen LogP contribution in [0.5, 0.6) is 0 Å². The van der Waals surface area contributed by atoms with Crippen molar-refractivity contribution in [2.24, 2.45) is 11.7 Å². The van der Waals surface area contributed by atoms with E-state index in [1.807, 2.05) is 0 Å². The van der Waals surface area contributed by atoms with Gasteiger partial charge in [0.25, 0.3) is 5.91 Å². The smallest absolute Gasteiger partial charge is 0.253 e. The molecule has 1 rings (SSSR count). The zero-order valence-electron chi connectivity index (χ0n) is 11.2. The molecule has 2 N–H and O–H groups in total. The molecule has 0 saturated carbocycles. The third-order valence-electron chi connectivity index (χ3n) is 3.09. The van der Waals surface area contributed by atoms with Crippen LogP contribution in [0.4, 0.5) is 0 Å².